The highest BCUT2D eigenvalue weighted by atomic mass is 32.2. The van der Waals surface area contributed by atoms with Crippen molar-refractivity contribution >= 4 is 26.3 Å². The molecule has 2 N–H and O–H groups in total. The van der Waals surface area contributed by atoms with Gasteiger partial charge in [-0.05, 0) is 39.0 Å². The van der Waals surface area contributed by atoms with Gasteiger partial charge in [-0.2, -0.15) is 0 Å². The van der Waals surface area contributed by atoms with Gasteiger partial charge >= 0.3 is 0 Å². The van der Waals surface area contributed by atoms with E-state index in [0.29, 0.717) is 0 Å². The number of benzene rings is 1. The molecule has 0 saturated heterocycles. The molecule has 0 heterocycles. The standard InChI is InChI=1S/C12H18FNO3S2/c1-12(2,3)19(16,17)7-6-18(15)9-4-5-11(14)10(13)8-9/h4-5,8H,6-7,14H2,1-3H3. The Morgan fingerprint density at radius 3 is 2.37 bits per heavy atom. The van der Waals surface area contributed by atoms with Crippen molar-refractivity contribution < 1.29 is 17.0 Å². The predicted octanol–water partition coefficient (Wildman–Crippen LogP) is 1.73. The van der Waals surface area contributed by atoms with Crippen molar-refractivity contribution in [2.75, 3.05) is 17.2 Å². The van der Waals surface area contributed by atoms with Gasteiger partial charge in [-0.25, -0.2) is 12.8 Å². The van der Waals surface area contributed by atoms with Crippen molar-refractivity contribution in [3.63, 3.8) is 0 Å². The van der Waals surface area contributed by atoms with Gasteiger partial charge in [0.15, 0.2) is 9.84 Å². The normalized spacial score (nSPS) is 14.3. The fourth-order valence-corrected chi connectivity index (χ4v) is 4.04. The summed E-state index contributed by atoms with van der Waals surface area (Å²) in [6, 6.07) is 3.84. The van der Waals surface area contributed by atoms with Crippen molar-refractivity contribution in [3.8, 4) is 0 Å². The molecule has 108 valence electrons. The molecule has 4 nitrogen and oxygen atoms in total. The lowest BCUT2D eigenvalue weighted by Gasteiger charge is -2.18. The van der Waals surface area contributed by atoms with Crippen LogP contribution in [0.1, 0.15) is 20.8 Å². The first-order valence-electron chi connectivity index (χ1n) is 5.70. The summed E-state index contributed by atoms with van der Waals surface area (Å²) in [6.45, 7) is 4.77. The summed E-state index contributed by atoms with van der Waals surface area (Å²) < 4.78 is 48.0. The van der Waals surface area contributed by atoms with Crippen molar-refractivity contribution in [1.29, 1.82) is 0 Å². The molecule has 1 unspecified atom stereocenters. The maximum Gasteiger partial charge on any atom is 0.156 e. The Morgan fingerprint density at radius 1 is 1.32 bits per heavy atom. The number of anilines is 1. The van der Waals surface area contributed by atoms with Crippen LogP contribution >= 0.6 is 0 Å². The van der Waals surface area contributed by atoms with Crippen molar-refractivity contribution in [1.82, 2.24) is 0 Å². The average Bonchev–Trinajstić information content (AvgIpc) is 2.28. The van der Waals surface area contributed by atoms with E-state index in [4.69, 9.17) is 5.73 Å². The third-order valence-electron chi connectivity index (χ3n) is 2.71. The van der Waals surface area contributed by atoms with E-state index < -0.39 is 31.2 Å². The molecule has 0 saturated carbocycles. The number of hydrogen-bond donors (Lipinski definition) is 1. The van der Waals surface area contributed by atoms with Crippen molar-refractivity contribution in [2.24, 2.45) is 0 Å². The molecule has 19 heavy (non-hydrogen) atoms. The lowest BCUT2D eigenvalue weighted by molar-refractivity contribution is 0.561. The Balaban J connectivity index is 2.79. The lowest BCUT2D eigenvalue weighted by Crippen LogP contribution is -2.32. The van der Waals surface area contributed by atoms with Crippen molar-refractivity contribution in [3.05, 3.63) is 24.0 Å². The SMILES string of the molecule is CC(C)(C)S(=O)(=O)CCS(=O)c1ccc(N)c(F)c1. The molecule has 0 aliphatic rings. The quantitative estimate of drug-likeness (QED) is 0.859. The van der Waals surface area contributed by atoms with Crippen LogP contribution in [0.2, 0.25) is 0 Å². The van der Waals surface area contributed by atoms with Crippen LogP contribution in [0.15, 0.2) is 23.1 Å². The molecule has 0 amide bonds. The number of nitrogens with two attached hydrogens (primary N) is 1. The highest BCUT2D eigenvalue weighted by Gasteiger charge is 2.29. The molecule has 0 aliphatic heterocycles. The molecule has 0 radical (unpaired) electrons. The molecule has 1 aromatic rings. The summed E-state index contributed by atoms with van der Waals surface area (Å²) in [5, 5.41) is 0. The molecule has 0 aromatic heterocycles. The smallest absolute Gasteiger partial charge is 0.156 e. The van der Waals surface area contributed by atoms with E-state index in [-0.39, 0.29) is 22.1 Å². The van der Waals surface area contributed by atoms with E-state index in [0.717, 1.165) is 6.07 Å². The molecular weight excluding hydrogens is 289 g/mol. The van der Waals surface area contributed by atoms with Crippen LogP contribution in [0.3, 0.4) is 0 Å². The largest absolute Gasteiger partial charge is 0.396 e. The Morgan fingerprint density at radius 2 is 1.89 bits per heavy atom. The Labute approximate surface area is 115 Å². The van der Waals surface area contributed by atoms with Gasteiger partial charge in [0, 0.05) is 10.6 Å². The molecule has 1 rings (SSSR count). The molecule has 1 atom stereocenters. The average molecular weight is 307 g/mol. The lowest BCUT2D eigenvalue weighted by atomic mass is 10.3. The Kier molecular flexibility index (Phi) is 4.73. The van der Waals surface area contributed by atoms with Crippen LogP contribution in [-0.2, 0) is 20.6 Å². The molecule has 0 spiro atoms. The van der Waals surface area contributed by atoms with Gasteiger partial charge in [0.1, 0.15) is 5.82 Å². The highest BCUT2D eigenvalue weighted by molar-refractivity contribution is 7.94. The Bertz CT molecular complexity index is 591. The summed E-state index contributed by atoms with van der Waals surface area (Å²) in [7, 11) is -4.89. The summed E-state index contributed by atoms with van der Waals surface area (Å²) in [5.41, 5.74) is 5.29. The number of sulfone groups is 1. The summed E-state index contributed by atoms with van der Waals surface area (Å²) >= 11 is 0. The van der Waals surface area contributed by atoms with E-state index in [1.807, 2.05) is 0 Å². The fraction of sp³-hybridized carbons (Fsp3) is 0.500. The first-order valence-corrected chi connectivity index (χ1v) is 8.67. The second-order valence-corrected chi connectivity index (χ2v) is 9.60. The first kappa shape index (κ1) is 16.1. The molecule has 0 aliphatic carbocycles. The highest BCUT2D eigenvalue weighted by Crippen LogP contribution is 2.18. The topological polar surface area (TPSA) is 77.2 Å². The third kappa shape index (κ3) is 4.01. The van der Waals surface area contributed by atoms with Crippen LogP contribution in [0.5, 0.6) is 0 Å². The second-order valence-electron chi connectivity index (χ2n) is 5.16. The fourth-order valence-electron chi connectivity index (χ4n) is 1.26. The van der Waals surface area contributed by atoms with Crippen LogP contribution in [0.4, 0.5) is 10.1 Å². The molecule has 0 bridgehead atoms. The third-order valence-corrected chi connectivity index (χ3v) is 6.93. The van der Waals surface area contributed by atoms with Crippen LogP contribution < -0.4 is 5.73 Å². The first-order chi connectivity index (χ1) is 8.54. The summed E-state index contributed by atoms with van der Waals surface area (Å²) in [6.07, 6.45) is 0. The van der Waals surface area contributed by atoms with Gasteiger partial charge in [0.05, 0.1) is 27.0 Å². The number of halogens is 1. The van der Waals surface area contributed by atoms with Crippen LogP contribution in [0, 0.1) is 5.82 Å². The number of rotatable bonds is 4. The molecular formula is C12H18FNO3S2. The van der Waals surface area contributed by atoms with Gasteiger partial charge in [-0.1, -0.05) is 0 Å². The maximum atomic E-state index is 13.2. The summed E-state index contributed by atoms with van der Waals surface area (Å²) in [5.74, 6) is -0.901. The zero-order chi connectivity index (χ0) is 14.8. The maximum absolute atomic E-state index is 13.2. The zero-order valence-electron chi connectivity index (χ0n) is 11.1. The molecule has 7 heteroatoms. The van der Waals surface area contributed by atoms with E-state index in [9.17, 15) is 17.0 Å². The zero-order valence-corrected chi connectivity index (χ0v) is 12.8. The minimum atomic E-state index is -3.33. The van der Waals surface area contributed by atoms with Crippen LogP contribution in [-0.4, -0.2) is 28.9 Å². The van der Waals surface area contributed by atoms with E-state index in [1.165, 1.54) is 12.1 Å². The van der Waals surface area contributed by atoms with Crippen molar-refractivity contribution in [2.45, 2.75) is 30.4 Å². The molecule has 1 aromatic carbocycles. The van der Waals surface area contributed by atoms with Crippen LogP contribution in [0.25, 0.3) is 0 Å². The number of nitrogen functional groups attached to an aromatic ring is 1. The minimum absolute atomic E-state index is 0.0249. The number of hydrogen-bond acceptors (Lipinski definition) is 4. The van der Waals surface area contributed by atoms with E-state index in [2.05, 4.69) is 0 Å². The second kappa shape index (κ2) is 5.58. The van der Waals surface area contributed by atoms with Gasteiger partial charge in [0.2, 0.25) is 0 Å². The van der Waals surface area contributed by atoms with Gasteiger partial charge < -0.3 is 5.73 Å². The van der Waals surface area contributed by atoms with E-state index in [1.54, 1.807) is 20.8 Å². The predicted molar refractivity (Wildman–Crippen MR) is 75.6 cm³/mol. The minimum Gasteiger partial charge on any atom is -0.396 e. The van der Waals surface area contributed by atoms with E-state index >= 15 is 0 Å². The van der Waals surface area contributed by atoms with Gasteiger partial charge in [-0.15, -0.1) is 0 Å². The summed E-state index contributed by atoms with van der Waals surface area (Å²) in [4.78, 5) is 0.246. The Hall–Kier alpha value is -0.950. The van der Waals surface area contributed by atoms with Gasteiger partial charge in [-0.3, -0.25) is 4.21 Å². The van der Waals surface area contributed by atoms with Gasteiger partial charge in [0.25, 0.3) is 0 Å². The molecule has 0 fully saturated rings. The monoisotopic (exact) mass is 307 g/mol.